The van der Waals surface area contributed by atoms with Crippen molar-refractivity contribution in [3.63, 3.8) is 0 Å². The maximum Gasteiger partial charge on any atom is 0.343 e. The van der Waals surface area contributed by atoms with Crippen LogP contribution in [0.4, 0.5) is 15.8 Å². The Hall–Kier alpha value is -3.97. The predicted molar refractivity (Wildman–Crippen MR) is 135 cm³/mol. The minimum Gasteiger partial charge on any atom is -0.421 e. The normalized spacial score (nSPS) is 14.8. The zero-order chi connectivity index (χ0) is 27.0. The van der Waals surface area contributed by atoms with E-state index in [4.69, 9.17) is 4.74 Å². The van der Waals surface area contributed by atoms with Crippen molar-refractivity contribution < 1.29 is 35.6 Å². The fourth-order valence-electron chi connectivity index (χ4n) is 3.79. The molecule has 3 aromatic carbocycles. The molecule has 0 bridgehead atoms. The second-order valence-electron chi connectivity index (χ2n) is 8.43. The Kier molecular flexibility index (Phi) is 6.93. The first-order chi connectivity index (χ1) is 17.3. The lowest BCUT2D eigenvalue weighted by Gasteiger charge is -2.20. The number of carbonyl (C=O) groups excluding carboxylic acids is 2. The van der Waals surface area contributed by atoms with E-state index in [1.807, 2.05) is 0 Å². The molecule has 3 aromatic rings. The van der Waals surface area contributed by atoms with Crippen molar-refractivity contribution in [2.24, 2.45) is 0 Å². The van der Waals surface area contributed by atoms with Gasteiger partial charge in [0.25, 0.3) is 5.91 Å². The van der Waals surface area contributed by atoms with E-state index < -0.39 is 55.9 Å². The number of hydrogen-bond acceptors (Lipinski definition) is 7. The predicted octanol–water partition coefficient (Wildman–Crippen LogP) is 2.50. The van der Waals surface area contributed by atoms with Crippen molar-refractivity contribution in [1.82, 2.24) is 4.72 Å². The second kappa shape index (κ2) is 9.82. The first-order valence-corrected chi connectivity index (χ1v) is 14.2. The molecule has 0 aliphatic carbocycles. The molecule has 1 heterocycles. The molecule has 0 radical (unpaired) electrons. The highest BCUT2D eigenvalue weighted by Gasteiger charge is 2.38. The Morgan fingerprint density at radius 3 is 2.46 bits per heavy atom. The van der Waals surface area contributed by atoms with Crippen LogP contribution in [0.15, 0.2) is 60.7 Å². The molecule has 0 atom stereocenters. The molecule has 1 amide bonds. The van der Waals surface area contributed by atoms with Crippen molar-refractivity contribution in [2.45, 2.75) is 13.3 Å². The van der Waals surface area contributed by atoms with Crippen molar-refractivity contribution in [3.05, 3.63) is 88.7 Å². The monoisotopic (exact) mass is 547 g/mol. The van der Waals surface area contributed by atoms with Crippen LogP contribution in [0.3, 0.4) is 0 Å². The molecule has 10 nitrogen and oxygen atoms in total. The number of nitrogens with one attached hydrogen (secondary N) is 2. The van der Waals surface area contributed by atoms with Crippen LogP contribution < -0.4 is 18.5 Å². The third kappa shape index (κ3) is 6.06. The minimum atomic E-state index is -4.41. The fraction of sp³-hybridized carbons (Fsp3) is 0.167. The van der Waals surface area contributed by atoms with Gasteiger partial charge in [-0.3, -0.25) is 9.52 Å². The summed E-state index contributed by atoms with van der Waals surface area (Å²) in [4.78, 5) is 24.5. The Morgan fingerprint density at radius 2 is 1.84 bits per heavy atom. The van der Waals surface area contributed by atoms with Gasteiger partial charge in [0.2, 0.25) is 10.0 Å². The molecule has 0 saturated carbocycles. The van der Waals surface area contributed by atoms with Gasteiger partial charge in [0.1, 0.15) is 12.2 Å². The number of hydrogen-bond donors (Lipinski definition) is 2. The standard InChI is InChI=1S/C24H22FN3O7S2/c1-15-8-9-18(20(10-15)26-36(2,31)32)11-16-12-19(25)23(28-14-22(29)27-37(28,33)34)21(13-16)35-24(30)17-6-4-3-5-7-17/h3-10,12-13,26H,11,14H2,1-2H3,(H,27,29). The van der Waals surface area contributed by atoms with E-state index in [1.54, 1.807) is 48.0 Å². The van der Waals surface area contributed by atoms with Crippen LogP contribution in [0.2, 0.25) is 0 Å². The van der Waals surface area contributed by atoms with Gasteiger partial charge in [-0.25, -0.2) is 26.6 Å². The highest BCUT2D eigenvalue weighted by atomic mass is 32.2. The number of esters is 1. The molecular weight excluding hydrogens is 525 g/mol. The number of nitrogens with zero attached hydrogens (tertiary/aromatic N) is 1. The van der Waals surface area contributed by atoms with Crippen LogP contribution in [0, 0.1) is 12.7 Å². The second-order valence-corrected chi connectivity index (χ2v) is 11.8. The summed E-state index contributed by atoms with van der Waals surface area (Å²) in [6.07, 6.45) is 1.01. The van der Waals surface area contributed by atoms with Crippen molar-refractivity contribution >= 4 is 43.5 Å². The summed E-state index contributed by atoms with van der Waals surface area (Å²) in [5.41, 5.74) is 1.35. The lowest BCUT2D eigenvalue weighted by molar-refractivity contribution is -0.117. The molecule has 194 valence electrons. The first-order valence-electron chi connectivity index (χ1n) is 10.8. The van der Waals surface area contributed by atoms with Gasteiger partial charge in [-0.15, -0.1) is 0 Å². The molecule has 1 aliphatic heterocycles. The van der Waals surface area contributed by atoms with Crippen molar-refractivity contribution in [1.29, 1.82) is 0 Å². The summed E-state index contributed by atoms with van der Waals surface area (Å²) in [5, 5.41) is 0. The van der Waals surface area contributed by atoms with Crippen molar-refractivity contribution in [3.8, 4) is 5.75 Å². The highest BCUT2D eigenvalue weighted by molar-refractivity contribution is 7.92. The molecule has 13 heteroatoms. The highest BCUT2D eigenvalue weighted by Crippen LogP contribution is 2.37. The topological polar surface area (TPSA) is 139 Å². The van der Waals surface area contributed by atoms with E-state index in [2.05, 4.69) is 4.72 Å². The largest absolute Gasteiger partial charge is 0.421 e. The molecule has 1 aliphatic rings. The zero-order valence-electron chi connectivity index (χ0n) is 19.7. The summed E-state index contributed by atoms with van der Waals surface area (Å²) < 4.78 is 74.1. The van der Waals surface area contributed by atoms with Gasteiger partial charge in [0.15, 0.2) is 11.6 Å². The molecule has 0 aromatic heterocycles. The van der Waals surface area contributed by atoms with Gasteiger partial charge in [0.05, 0.1) is 17.5 Å². The molecule has 0 unspecified atom stereocenters. The van der Waals surface area contributed by atoms with Crippen LogP contribution in [0.5, 0.6) is 5.75 Å². The fourth-order valence-corrected chi connectivity index (χ4v) is 5.54. The Bertz CT molecular complexity index is 1610. The van der Waals surface area contributed by atoms with Crippen LogP contribution in [-0.4, -0.2) is 41.5 Å². The summed E-state index contributed by atoms with van der Waals surface area (Å²) in [5.74, 6) is -3.23. The van der Waals surface area contributed by atoms with Gasteiger partial charge in [0, 0.05) is 0 Å². The van der Waals surface area contributed by atoms with E-state index >= 15 is 4.39 Å². The average molecular weight is 548 g/mol. The van der Waals surface area contributed by atoms with E-state index in [1.165, 1.54) is 18.2 Å². The SMILES string of the molecule is Cc1ccc(Cc2cc(F)c(N3CC(=O)NS3(=O)=O)c(OC(=O)c3ccccc3)c2)c(NS(C)(=O)=O)c1. The quantitative estimate of drug-likeness (QED) is 0.342. The maximum atomic E-state index is 15.5. The van der Waals surface area contributed by atoms with Crippen LogP contribution in [-0.2, 0) is 31.4 Å². The first kappa shape index (κ1) is 26.1. The van der Waals surface area contributed by atoms with Crippen LogP contribution in [0.25, 0.3) is 0 Å². The van der Waals surface area contributed by atoms with Gasteiger partial charge >= 0.3 is 16.2 Å². The Balaban J connectivity index is 1.80. The Labute approximate surface area is 213 Å². The lowest BCUT2D eigenvalue weighted by Crippen LogP contribution is -2.31. The number of carbonyl (C=O) groups is 2. The number of amides is 1. The van der Waals surface area contributed by atoms with Gasteiger partial charge in [-0.2, -0.15) is 8.42 Å². The minimum absolute atomic E-state index is 0.00908. The van der Waals surface area contributed by atoms with E-state index in [0.29, 0.717) is 9.87 Å². The average Bonchev–Trinajstić information content (AvgIpc) is 3.06. The third-order valence-electron chi connectivity index (χ3n) is 5.33. The van der Waals surface area contributed by atoms with Gasteiger partial charge in [-0.1, -0.05) is 30.3 Å². The number of ether oxygens (including phenoxy) is 1. The molecule has 1 saturated heterocycles. The van der Waals surface area contributed by atoms with Crippen LogP contribution >= 0.6 is 0 Å². The van der Waals surface area contributed by atoms with Crippen LogP contribution in [0.1, 0.15) is 27.0 Å². The molecule has 4 rings (SSSR count). The lowest BCUT2D eigenvalue weighted by atomic mass is 10.0. The number of halogens is 1. The maximum absolute atomic E-state index is 15.5. The Morgan fingerprint density at radius 1 is 1.14 bits per heavy atom. The van der Waals surface area contributed by atoms with E-state index in [-0.39, 0.29) is 23.2 Å². The van der Waals surface area contributed by atoms with E-state index in [0.717, 1.165) is 17.9 Å². The zero-order valence-corrected chi connectivity index (χ0v) is 21.3. The third-order valence-corrected chi connectivity index (χ3v) is 7.29. The molecule has 2 N–H and O–H groups in total. The molecule has 37 heavy (non-hydrogen) atoms. The smallest absolute Gasteiger partial charge is 0.343 e. The van der Waals surface area contributed by atoms with Gasteiger partial charge in [-0.05, 0) is 60.4 Å². The summed E-state index contributed by atoms with van der Waals surface area (Å²) in [6.45, 7) is 1.08. The summed E-state index contributed by atoms with van der Waals surface area (Å²) in [6, 6.07) is 15.1. The summed E-state index contributed by atoms with van der Waals surface area (Å²) >= 11 is 0. The number of rotatable bonds is 7. The number of anilines is 2. The number of benzene rings is 3. The summed E-state index contributed by atoms with van der Waals surface area (Å²) in [7, 11) is -8.03. The van der Waals surface area contributed by atoms with E-state index in [9.17, 15) is 26.4 Å². The molecule has 1 fully saturated rings. The molecule has 0 spiro atoms. The number of aryl methyl sites for hydroxylation is 1. The number of sulfonamides is 1. The van der Waals surface area contributed by atoms with Gasteiger partial charge < -0.3 is 4.74 Å². The molecular formula is C24H22FN3O7S2. The van der Waals surface area contributed by atoms with Crippen molar-refractivity contribution in [2.75, 3.05) is 21.8 Å².